The number of amides is 2. The molecule has 6 heteroatoms. The highest BCUT2D eigenvalue weighted by molar-refractivity contribution is 7.09. The first kappa shape index (κ1) is 20.2. The number of carbonyl (C=O) groups is 1. The number of benzene rings is 1. The van der Waals surface area contributed by atoms with Crippen LogP contribution in [0.1, 0.15) is 49.0 Å². The molecule has 2 amide bonds. The Kier molecular flexibility index (Phi) is 7.45. The number of aromatic nitrogens is 1. The third-order valence-corrected chi connectivity index (χ3v) is 5.42. The Balaban J connectivity index is 2.01. The van der Waals surface area contributed by atoms with E-state index in [0.29, 0.717) is 19.7 Å². The highest BCUT2D eigenvalue weighted by atomic mass is 32.1. The van der Waals surface area contributed by atoms with Gasteiger partial charge in [-0.25, -0.2) is 9.78 Å². The van der Waals surface area contributed by atoms with Crippen LogP contribution in [0.25, 0.3) is 0 Å². The summed E-state index contributed by atoms with van der Waals surface area (Å²) in [7, 11) is 0. The molecule has 2 rings (SSSR count). The van der Waals surface area contributed by atoms with E-state index in [0.717, 1.165) is 28.4 Å². The molecule has 1 N–H and O–H groups in total. The lowest BCUT2D eigenvalue weighted by Crippen LogP contribution is -2.44. The second-order valence-electron chi connectivity index (χ2n) is 6.44. The molecular weight excluding hydrogens is 346 g/mol. The minimum absolute atomic E-state index is 0.0389. The summed E-state index contributed by atoms with van der Waals surface area (Å²) in [5, 5.41) is 5.81. The maximum Gasteiger partial charge on any atom is 0.317 e. The molecule has 0 aliphatic carbocycles. The summed E-state index contributed by atoms with van der Waals surface area (Å²) < 4.78 is 5.93. The molecule has 1 atom stereocenters. The van der Waals surface area contributed by atoms with Crippen LogP contribution in [0, 0.1) is 13.8 Å². The van der Waals surface area contributed by atoms with Gasteiger partial charge in [0, 0.05) is 18.0 Å². The van der Waals surface area contributed by atoms with E-state index in [1.165, 1.54) is 5.56 Å². The van der Waals surface area contributed by atoms with E-state index in [4.69, 9.17) is 4.74 Å². The first-order valence-corrected chi connectivity index (χ1v) is 10.0. The van der Waals surface area contributed by atoms with Gasteiger partial charge in [-0.05, 0) is 51.3 Å². The van der Waals surface area contributed by atoms with E-state index in [2.05, 4.69) is 44.1 Å². The van der Waals surface area contributed by atoms with Gasteiger partial charge in [-0.2, -0.15) is 0 Å². The van der Waals surface area contributed by atoms with Crippen molar-refractivity contribution in [2.45, 2.75) is 60.2 Å². The van der Waals surface area contributed by atoms with Gasteiger partial charge in [0.15, 0.2) is 0 Å². The Bertz CT molecular complexity index is 730. The second-order valence-corrected chi connectivity index (χ2v) is 7.38. The minimum Gasteiger partial charge on any atom is -0.486 e. The van der Waals surface area contributed by atoms with Crippen molar-refractivity contribution in [3.63, 3.8) is 0 Å². The van der Waals surface area contributed by atoms with Crippen LogP contribution in [-0.4, -0.2) is 28.5 Å². The zero-order chi connectivity index (χ0) is 19.1. The molecule has 5 nitrogen and oxygen atoms in total. The van der Waals surface area contributed by atoms with Gasteiger partial charge in [0.25, 0.3) is 0 Å². The molecule has 142 valence electrons. The van der Waals surface area contributed by atoms with Crippen LogP contribution < -0.4 is 10.1 Å². The number of thiazole rings is 1. The average molecular weight is 376 g/mol. The van der Waals surface area contributed by atoms with E-state index in [1.807, 2.05) is 29.3 Å². The Morgan fingerprint density at radius 2 is 2.12 bits per heavy atom. The standard InChI is InChI=1S/C20H29N3O2S/c1-6-15(4)23(20(24)21-7-2)11-17-13-26-19(22-17)12-25-18-10-8-9-14(3)16(18)5/h8-10,13,15H,6-7,11-12H2,1-5H3,(H,21,24)/t15-/m0/s1. The summed E-state index contributed by atoms with van der Waals surface area (Å²) in [5.41, 5.74) is 3.28. The predicted octanol–water partition coefficient (Wildman–Crippen LogP) is 4.67. The van der Waals surface area contributed by atoms with Gasteiger partial charge in [-0.15, -0.1) is 11.3 Å². The summed E-state index contributed by atoms with van der Waals surface area (Å²) in [6.45, 7) is 11.8. The van der Waals surface area contributed by atoms with Crippen LogP contribution in [0.4, 0.5) is 4.79 Å². The second kappa shape index (κ2) is 9.57. The molecule has 1 heterocycles. The summed E-state index contributed by atoms with van der Waals surface area (Å²) in [4.78, 5) is 18.8. The van der Waals surface area contributed by atoms with Crippen molar-refractivity contribution in [1.29, 1.82) is 0 Å². The molecule has 0 spiro atoms. The maximum absolute atomic E-state index is 12.3. The van der Waals surface area contributed by atoms with Gasteiger partial charge in [0.1, 0.15) is 17.4 Å². The normalized spacial score (nSPS) is 11.9. The third-order valence-electron chi connectivity index (χ3n) is 4.55. The molecule has 0 saturated carbocycles. The summed E-state index contributed by atoms with van der Waals surface area (Å²) in [6.07, 6.45) is 0.907. The molecule has 0 aliphatic rings. The molecule has 26 heavy (non-hydrogen) atoms. The predicted molar refractivity (Wildman–Crippen MR) is 107 cm³/mol. The van der Waals surface area contributed by atoms with Crippen molar-refractivity contribution in [1.82, 2.24) is 15.2 Å². The summed E-state index contributed by atoms with van der Waals surface area (Å²) in [5.74, 6) is 0.894. The number of nitrogens with one attached hydrogen (secondary N) is 1. The highest BCUT2D eigenvalue weighted by Gasteiger charge is 2.20. The van der Waals surface area contributed by atoms with E-state index in [1.54, 1.807) is 11.3 Å². The van der Waals surface area contributed by atoms with Crippen LogP contribution in [0.3, 0.4) is 0 Å². The van der Waals surface area contributed by atoms with Gasteiger partial charge < -0.3 is 15.0 Å². The molecule has 0 aliphatic heterocycles. The monoisotopic (exact) mass is 375 g/mol. The van der Waals surface area contributed by atoms with Gasteiger partial charge in [0.05, 0.1) is 12.2 Å². The van der Waals surface area contributed by atoms with Crippen molar-refractivity contribution in [3.8, 4) is 5.75 Å². The van der Waals surface area contributed by atoms with E-state index >= 15 is 0 Å². The van der Waals surface area contributed by atoms with Gasteiger partial charge in [-0.3, -0.25) is 0 Å². The molecule has 0 radical (unpaired) electrons. The number of aryl methyl sites for hydroxylation is 1. The molecule has 0 bridgehead atoms. The van der Waals surface area contributed by atoms with Crippen LogP contribution in [0.15, 0.2) is 23.6 Å². The van der Waals surface area contributed by atoms with Gasteiger partial charge in [0.2, 0.25) is 0 Å². The van der Waals surface area contributed by atoms with Crippen molar-refractivity contribution >= 4 is 17.4 Å². The minimum atomic E-state index is -0.0389. The molecule has 0 unspecified atom stereocenters. The largest absolute Gasteiger partial charge is 0.486 e. The number of carbonyl (C=O) groups excluding carboxylic acids is 1. The fourth-order valence-electron chi connectivity index (χ4n) is 2.58. The molecule has 1 aromatic heterocycles. The number of nitrogens with zero attached hydrogens (tertiary/aromatic N) is 2. The van der Waals surface area contributed by atoms with E-state index < -0.39 is 0 Å². The lowest BCUT2D eigenvalue weighted by atomic mass is 10.1. The van der Waals surface area contributed by atoms with Crippen molar-refractivity contribution in [3.05, 3.63) is 45.4 Å². The molecule has 0 saturated heterocycles. The first-order valence-electron chi connectivity index (χ1n) is 9.13. The van der Waals surface area contributed by atoms with Gasteiger partial charge in [-0.1, -0.05) is 19.1 Å². The number of rotatable bonds is 8. The summed E-state index contributed by atoms with van der Waals surface area (Å²) >= 11 is 1.57. The molecular formula is C20H29N3O2S. The fourth-order valence-corrected chi connectivity index (χ4v) is 3.28. The zero-order valence-electron chi connectivity index (χ0n) is 16.3. The average Bonchev–Trinajstić information content (AvgIpc) is 3.08. The van der Waals surface area contributed by atoms with Crippen LogP contribution in [0.2, 0.25) is 0 Å². The zero-order valence-corrected chi connectivity index (χ0v) is 17.2. The topological polar surface area (TPSA) is 54.5 Å². The quantitative estimate of drug-likeness (QED) is 0.729. The summed E-state index contributed by atoms with van der Waals surface area (Å²) in [6, 6.07) is 6.19. The van der Waals surface area contributed by atoms with Crippen molar-refractivity contribution in [2.75, 3.05) is 6.54 Å². The highest BCUT2D eigenvalue weighted by Crippen LogP contribution is 2.23. The fraction of sp³-hybridized carbons (Fsp3) is 0.500. The Hall–Kier alpha value is -2.08. The lowest BCUT2D eigenvalue weighted by Gasteiger charge is -2.27. The van der Waals surface area contributed by atoms with Crippen molar-refractivity contribution < 1.29 is 9.53 Å². The van der Waals surface area contributed by atoms with E-state index in [9.17, 15) is 4.79 Å². The first-order chi connectivity index (χ1) is 12.5. The number of hydrogen-bond acceptors (Lipinski definition) is 4. The third kappa shape index (κ3) is 5.21. The van der Waals surface area contributed by atoms with Crippen LogP contribution in [0.5, 0.6) is 5.75 Å². The molecule has 1 aromatic carbocycles. The number of ether oxygens (including phenoxy) is 1. The van der Waals surface area contributed by atoms with Crippen LogP contribution in [-0.2, 0) is 13.2 Å². The van der Waals surface area contributed by atoms with Crippen molar-refractivity contribution in [2.24, 2.45) is 0 Å². The number of urea groups is 1. The van der Waals surface area contributed by atoms with E-state index in [-0.39, 0.29) is 12.1 Å². The van der Waals surface area contributed by atoms with Gasteiger partial charge >= 0.3 is 6.03 Å². The Labute approximate surface area is 160 Å². The smallest absolute Gasteiger partial charge is 0.317 e. The maximum atomic E-state index is 12.3. The molecule has 2 aromatic rings. The SMILES string of the molecule is CCNC(=O)N(Cc1csc(COc2cccc(C)c2C)n1)[C@@H](C)CC. The lowest BCUT2D eigenvalue weighted by molar-refractivity contribution is 0.173. The Morgan fingerprint density at radius 1 is 1.35 bits per heavy atom. The van der Waals surface area contributed by atoms with Crippen LogP contribution >= 0.6 is 11.3 Å². The molecule has 0 fully saturated rings. The Morgan fingerprint density at radius 3 is 2.81 bits per heavy atom. The number of hydrogen-bond donors (Lipinski definition) is 1.